The van der Waals surface area contributed by atoms with Crippen molar-refractivity contribution in [1.29, 1.82) is 0 Å². The van der Waals surface area contributed by atoms with Gasteiger partial charge in [0.25, 0.3) is 0 Å². The van der Waals surface area contributed by atoms with E-state index in [-0.39, 0.29) is 5.91 Å². The number of hydrogen-bond acceptors (Lipinski definition) is 3. The van der Waals surface area contributed by atoms with Crippen LogP contribution in [0.4, 0.5) is 5.69 Å². The molecule has 0 unspecified atom stereocenters. The molecule has 0 bridgehead atoms. The van der Waals surface area contributed by atoms with Crippen LogP contribution in [-0.4, -0.2) is 22.3 Å². The molecule has 1 aromatic heterocycles. The van der Waals surface area contributed by atoms with Gasteiger partial charge >= 0.3 is 0 Å². The van der Waals surface area contributed by atoms with Gasteiger partial charge in [0, 0.05) is 18.5 Å². The van der Waals surface area contributed by atoms with Gasteiger partial charge in [0.2, 0.25) is 5.91 Å². The molecule has 120 valence electrons. The van der Waals surface area contributed by atoms with Crippen LogP contribution >= 0.6 is 0 Å². The van der Waals surface area contributed by atoms with Crippen molar-refractivity contribution in [2.75, 3.05) is 12.3 Å². The zero-order valence-corrected chi connectivity index (χ0v) is 13.4. The quantitative estimate of drug-likeness (QED) is 0.739. The SMILES string of the molecule is Nc1cccc2ccc(CC(=O)N3CCc4ccccc4C3)nc12. The van der Waals surface area contributed by atoms with Gasteiger partial charge in [-0.25, -0.2) is 0 Å². The number of carbonyl (C=O) groups excluding carboxylic acids is 1. The Kier molecular flexibility index (Phi) is 3.65. The number of nitrogen functional groups attached to an aromatic ring is 1. The van der Waals surface area contributed by atoms with E-state index in [1.54, 1.807) is 0 Å². The minimum atomic E-state index is 0.117. The van der Waals surface area contributed by atoms with Crippen molar-refractivity contribution >= 4 is 22.5 Å². The fraction of sp³-hybridized carbons (Fsp3) is 0.200. The van der Waals surface area contributed by atoms with Crippen LogP contribution in [0, 0.1) is 0 Å². The number of nitrogens with zero attached hydrogens (tertiary/aromatic N) is 2. The maximum Gasteiger partial charge on any atom is 0.228 e. The summed E-state index contributed by atoms with van der Waals surface area (Å²) >= 11 is 0. The summed E-state index contributed by atoms with van der Waals surface area (Å²) in [5.74, 6) is 0.117. The number of anilines is 1. The van der Waals surface area contributed by atoms with Crippen LogP contribution in [0.25, 0.3) is 10.9 Å². The van der Waals surface area contributed by atoms with Gasteiger partial charge in [0.05, 0.1) is 23.3 Å². The molecule has 0 radical (unpaired) electrons. The van der Waals surface area contributed by atoms with Crippen molar-refractivity contribution in [2.45, 2.75) is 19.4 Å². The lowest BCUT2D eigenvalue weighted by Crippen LogP contribution is -2.37. The van der Waals surface area contributed by atoms with Crippen LogP contribution < -0.4 is 5.73 Å². The molecular formula is C20H19N3O. The molecular weight excluding hydrogens is 298 g/mol. The molecule has 1 aliphatic rings. The minimum absolute atomic E-state index is 0.117. The average Bonchev–Trinajstić information content (AvgIpc) is 2.62. The van der Waals surface area contributed by atoms with Crippen molar-refractivity contribution < 1.29 is 4.79 Å². The summed E-state index contributed by atoms with van der Waals surface area (Å²) < 4.78 is 0. The van der Waals surface area contributed by atoms with Crippen molar-refractivity contribution in [2.24, 2.45) is 0 Å². The Bertz CT molecular complexity index is 920. The Balaban J connectivity index is 1.53. The van der Waals surface area contributed by atoms with Gasteiger partial charge < -0.3 is 10.6 Å². The smallest absolute Gasteiger partial charge is 0.228 e. The fourth-order valence-electron chi connectivity index (χ4n) is 3.28. The Hall–Kier alpha value is -2.88. The van der Waals surface area contributed by atoms with Crippen LogP contribution in [0.5, 0.6) is 0 Å². The van der Waals surface area contributed by atoms with Gasteiger partial charge in [-0.3, -0.25) is 9.78 Å². The van der Waals surface area contributed by atoms with E-state index in [4.69, 9.17) is 5.73 Å². The Morgan fingerprint density at radius 1 is 1.04 bits per heavy atom. The van der Waals surface area contributed by atoms with Crippen molar-refractivity contribution in [1.82, 2.24) is 9.88 Å². The zero-order valence-electron chi connectivity index (χ0n) is 13.4. The normalized spacial score (nSPS) is 13.8. The monoisotopic (exact) mass is 317 g/mol. The first-order valence-electron chi connectivity index (χ1n) is 8.19. The third-order valence-electron chi connectivity index (χ3n) is 4.62. The average molecular weight is 317 g/mol. The van der Waals surface area contributed by atoms with E-state index in [1.807, 2.05) is 41.3 Å². The topological polar surface area (TPSA) is 59.2 Å². The number of hydrogen-bond donors (Lipinski definition) is 1. The number of carbonyl (C=O) groups is 1. The molecule has 3 aromatic rings. The van der Waals surface area contributed by atoms with Gasteiger partial charge in [-0.1, -0.05) is 42.5 Å². The number of benzene rings is 2. The third-order valence-corrected chi connectivity index (χ3v) is 4.62. The lowest BCUT2D eigenvalue weighted by molar-refractivity contribution is -0.131. The predicted octanol–water partition coefficient (Wildman–Crippen LogP) is 2.94. The van der Waals surface area contributed by atoms with Gasteiger partial charge in [-0.15, -0.1) is 0 Å². The van der Waals surface area contributed by atoms with Crippen LogP contribution in [0.2, 0.25) is 0 Å². The van der Waals surface area contributed by atoms with Crippen LogP contribution in [0.15, 0.2) is 54.6 Å². The lowest BCUT2D eigenvalue weighted by Gasteiger charge is -2.28. The maximum absolute atomic E-state index is 12.7. The lowest BCUT2D eigenvalue weighted by atomic mass is 9.99. The van der Waals surface area contributed by atoms with Crippen molar-refractivity contribution in [3.8, 4) is 0 Å². The van der Waals surface area contributed by atoms with E-state index in [1.165, 1.54) is 11.1 Å². The molecule has 2 heterocycles. The second-order valence-electron chi connectivity index (χ2n) is 6.23. The summed E-state index contributed by atoms with van der Waals surface area (Å²) in [6.07, 6.45) is 1.23. The number of pyridine rings is 1. The predicted molar refractivity (Wildman–Crippen MR) is 95.4 cm³/mol. The van der Waals surface area contributed by atoms with Crippen molar-refractivity contribution in [3.63, 3.8) is 0 Å². The highest BCUT2D eigenvalue weighted by Crippen LogP contribution is 2.21. The molecule has 1 amide bonds. The fourth-order valence-corrected chi connectivity index (χ4v) is 3.28. The second-order valence-corrected chi connectivity index (χ2v) is 6.23. The van der Waals surface area contributed by atoms with Gasteiger partial charge in [0.15, 0.2) is 0 Å². The first kappa shape index (κ1) is 14.7. The molecule has 0 spiro atoms. The van der Waals surface area contributed by atoms with Gasteiger partial charge in [-0.05, 0) is 29.7 Å². The third kappa shape index (κ3) is 2.71. The molecule has 0 atom stereocenters. The van der Waals surface area contributed by atoms with Gasteiger partial charge in [-0.2, -0.15) is 0 Å². The Morgan fingerprint density at radius 3 is 2.75 bits per heavy atom. The molecule has 0 saturated carbocycles. The van der Waals surface area contributed by atoms with E-state index < -0.39 is 0 Å². The summed E-state index contributed by atoms with van der Waals surface area (Å²) in [5.41, 5.74) is 10.8. The van der Waals surface area contributed by atoms with Gasteiger partial charge in [0.1, 0.15) is 0 Å². The maximum atomic E-state index is 12.7. The number of amides is 1. The first-order chi connectivity index (χ1) is 11.7. The second kappa shape index (κ2) is 5.96. The highest BCUT2D eigenvalue weighted by Gasteiger charge is 2.20. The highest BCUT2D eigenvalue weighted by atomic mass is 16.2. The Labute approximate surface area is 140 Å². The van der Waals surface area contributed by atoms with E-state index in [0.29, 0.717) is 18.7 Å². The number of nitrogens with two attached hydrogens (primary N) is 1. The highest BCUT2D eigenvalue weighted by molar-refractivity contribution is 5.89. The molecule has 0 fully saturated rings. The van der Waals surface area contributed by atoms with E-state index >= 15 is 0 Å². The molecule has 1 aliphatic heterocycles. The van der Waals surface area contributed by atoms with E-state index in [2.05, 4.69) is 23.2 Å². The molecule has 4 heteroatoms. The number of aromatic nitrogens is 1. The molecule has 0 saturated heterocycles. The first-order valence-corrected chi connectivity index (χ1v) is 8.19. The molecule has 4 rings (SSSR count). The largest absolute Gasteiger partial charge is 0.397 e. The van der Waals surface area contributed by atoms with Crippen LogP contribution in [0.1, 0.15) is 16.8 Å². The minimum Gasteiger partial charge on any atom is -0.397 e. The van der Waals surface area contributed by atoms with E-state index in [9.17, 15) is 4.79 Å². The van der Waals surface area contributed by atoms with Crippen molar-refractivity contribution in [3.05, 3.63) is 71.4 Å². The number of fused-ring (bicyclic) bond motifs is 2. The number of rotatable bonds is 2. The zero-order chi connectivity index (χ0) is 16.5. The molecule has 4 nitrogen and oxygen atoms in total. The molecule has 2 aromatic carbocycles. The molecule has 0 aliphatic carbocycles. The summed E-state index contributed by atoms with van der Waals surface area (Å²) in [6.45, 7) is 1.45. The summed E-state index contributed by atoms with van der Waals surface area (Å²) in [4.78, 5) is 19.2. The standard InChI is InChI=1S/C20H19N3O/c21-18-7-3-6-15-8-9-17(22-20(15)18)12-19(24)23-11-10-14-4-1-2-5-16(14)13-23/h1-9H,10-13,21H2. The molecule has 2 N–H and O–H groups in total. The summed E-state index contributed by atoms with van der Waals surface area (Å²) in [6, 6.07) is 17.9. The van der Waals surface area contributed by atoms with E-state index in [0.717, 1.165) is 29.6 Å². The van der Waals surface area contributed by atoms with Crippen LogP contribution in [-0.2, 0) is 24.2 Å². The van der Waals surface area contributed by atoms with Crippen LogP contribution in [0.3, 0.4) is 0 Å². The summed E-state index contributed by atoms with van der Waals surface area (Å²) in [7, 11) is 0. The Morgan fingerprint density at radius 2 is 1.88 bits per heavy atom. The number of para-hydroxylation sites is 1. The summed E-state index contributed by atoms with van der Waals surface area (Å²) in [5, 5.41) is 0.998. The molecule has 24 heavy (non-hydrogen) atoms.